The largest absolute Gasteiger partial charge is 0.468 e. The van der Waals surface area contributed by atoms with Crippen molar-refractivity contribution in [2.24, 2.45) is 0 Å². The summed E-state index contributed by atoms with van der Waals surface area (Å²) in [5, 5.41) is 3.62. The summed E-state index contributed by atoms with van der Waals surface area (Å²) < 4.78 is 11.0. The predicted octanol–water partition coefficient (Wildman–Crippen LogP) is 2.89. The van der Waals surface area contributed by atoms with E-state index in [1.165, 1.54) is 0 Å². The second kappa shape index (κ2) is 5.51. The van der Waals surface area contributed by atoms with Crippen LogP contribution in [0.4, 0.5) is 0 Å². The minimum Gasteiger partial charge on any atom is -0.468 e. The lowest BCUT2D eigenvalue weighted by atomic mass is 9.88. The van der Waals surface area contributed by atoms with Crippen molar-refractivity contribution in [1.82, 2.24) is 5.32 Å². The second-order valence-electron chi connectivity index (χ2n) is 4.39. The topological polar surface area (TPSA) is 34.4 Å². The molecular weight excluding hydrogens is 202 g/mol. The van der Waals surface area contributed by atoms with Crippen molar-refractivity contribution in [3.8, 4) is 0 Å². The van der Waals surface area contributed by atoms with E-state index >= 15 is 0 Å². The van der Waals surface area contributed by atoms with Gasteiger partial charge >= 0.3 is 0 Å². The molecule has 1 atom stereocenters. The van der Waals surface area contributed by atoms with Gasteiger partial charge in [-0.05, 0) is 38.3 Å². The fourth-order valence-electron chi connectivity index (χ4n) is 2.25. The number of rotatable bonds is 6. The summed E-state index contributed by atoms with van der Waals surface area (Å²) in [5.41, 5.74) is 0. The van der Waals surface area contributed by atoms with Gasteiger partial charge in [-0.15, -0.1) is 0 Å². The van der Waals surface area contributed by atoms with Crippen LogP contribution >= 0.6 is 0 Å². The Labute approximate surface area is 97.2 Å². The zero-order valence-corrected chi connectivity index (χ0v) is 10.1. The van der Waals surface area contributed by atoms with Gasteiger partial charge in [0.25, 0.3) is 0 Å². The summed E-state index contributed by atoms with van der Waals surface area (Å²) in [4.78, 5) is 0. The molecule has 1 N–H and O–H groups in total. The molecule has 90 valence electrons. The van der Waals surface area contributed by atoms with E-state index in [1.807, 2.05) is 12.1 Å². The molecule has 0 aliphatic heterocycles. The minimum absolute atomic E-state index is 0.350. The molecule has 1 unspecified atom stereocenters. The Balaban J connectivity index is 1.77. The van der Waals surface area contributed by atoms with E-state index in [1.54, 1.807) is 6.26 Å². The molecule has 1 aromatic heterocycles. The standard InChI is InChI=1S/C13H21NO2/c1-3-12(13-6-5-7-16-13)14-10-8-11(9-10)15-4-2/h5-7,10-12,14H,3-4,8-9H2,1-2H3. The summed E-state index contributed by atoms with van der Waals surface area (Å²) in [6.07, 6.45) is 5.53. The molecule has 0 spiro atoms. The Morgan fingerprint density at radius 2 is 2.31 bits per heavy atom. The van der Waals surface area contributed by atoms with E-state index in [0.29, 0.717) is 18.2 Å². The van der Waals surface area contributed by atoms with E-state index in [0.717, 1.165) is 31.6 Å². The van der Waals surface area contributed by atoms with Crippen LogP contribution in [0.1, 0.15) is 44.9 Å². The molecule has 3 heteroatoms. The smallest absolute Gasteiger partial charge is 0.120 e. The maximum atomic E-state index is 5.55. The van der Waals surface area contributed by atoms with Gasteiger partial charge in [-0.1, -0.05) is 6.92 Å². The second-order valence-corrected chi connectivity index (χ2v) is 4.39. The van der Waals surface area contributed by atoms with Gasteiger partial charge in [-0.25, -0.2) is 0 Å². The first kappa shape index (κ1) is 11.7. The lowest BCUT2D eigenvalue weighted by Crippen LogP contribution is -2.46. The monoisotopic (exact) mass is 223 g/mol. The fraction of sp³-hybridized carbons (Fsp3) is 0.692. The Bertz CT molecular complexity index is 291. The first-order chi connectivity index (χ1) is 7.83. The zero-order valence-electron chi connectivity index (χ0n) is 10.1. The van der Waals surface area contributed by atoms with E-state index < -0.39 is 0 Å². The molecule has 1 aliphatic rings. The molecular formula is C13H21NO2. The van der Waals surface area contributed by atoms with Gasteiger partial charge in [0.15, 0.2) is 0 Å². The van der Waals surface area contributed by atoms with Crippen LogP contribution in [-0.2, 0) is 4.74 Å². The molecule has 1 saturated carbocycles. The highest BCUT2D eigenvalue weighted by Crippen LogP contribution is 2.27. The number of furan rings is 1. The third-order valence-corrected chi connectivity index (χ3v) is 3.23. The normalized spacial score (nSPS) is 26.4. The molecule has 0 aromatic carbocycles. The van der Waals surface area contributed by atoms with Crippen molar-refractivity contribution < 1.29 is 9.15 Å². The van der Waals surface area contributed by atoms with E-state index in [2.05, 4.69) is 19.2 Å². The third kappa shape index (κ3) is 2.66. The van der Waals surface area contributed by atoms with Crippen LogP contribution in [0.5, 0.6) is 0 Å². The van der Waals surface area contributed by atoms with Gasteiger partial charge < -0.3 is 14.5 Å². The molecule has 1 fully saturated rings. The molecule has 0 bridgehead atoms. The van der Waals surface area contributed by atoms with Crippen LogP contribution < -0.4 is 5.32 Å². The molecule has 2 rings (SSSR count). The molecule has 0 radical (unpaired) electrons. The molecule has 0 saturated heterocycles. The molecule has 1 aliphatic carbocycles. The van der Waals surface area contributed by atoms with Gasteiger partial charge in [-0.3, -0.25) is 0 Å². The first-order valence-corrected chi connectivity index (χ1v) is 6.24. The third-order valence-electron chi connectivity index (χ3n) is 3.23. The van der Waals surface area contributed by atoms with Crippen LogP contribution in [0.2, 0.25) is 0 Å². The Morgan fingerprint density at radius 3 is 2.88 bits per heavy atom. The highest BCUT2D eigenvalue weighted by atomic mass is 16.5. The summed E-state index contributed by atoms with van der Waals surface area (Å²) in [6.45, 7) is 5.06. The Kier molecular flexibility index (Phi) is 4.02. The Morgan fingerprint density at radius 1 is 1.50 bits per heavy atom. The van der Waals surface area contributed by atoms with Gasteiger partial charge in [0.05, 0.1) is 18.4 Å². The molecule has 3 nitrogen and oxygen atoms in total. The number of ether oxygens (including phenoxy) is 1. The van der Waals surface area contributed by atoms with Crippen LogP contribution in [0, 0.1) is 0 Å². The van der Waals surface area contributed by atoms with Crippen LogP contribution in [0.15, 0.2) is 22.8 Å². The zero-order chi connectivity index (χ0) is 11.4. The molecule has 0 amide bonds. The quantitative estimate of drug-likeness (QED) is 0.805. The van der Waals surface area contributed by atoms with Crippen LogP contribution in [-0.4, -0.2) is 18.8 Å². The average Bonchev–Trinajstić information content (AvgIpc) is 2.74. The summed E-state index contributed by atoms with van der Waals surface area (Å²) in [7, 11) is 0. The minimum atomic E-state index is 0.350. The average molecular weight is 223 g/mol. The Hall–Kier alpha value is -0.800. The summed E-state index contributed by atoms with van der Waals surface area (Å²) >= 11 is 0. The first-order valence-electron chi connectivity index (χ1n) is 6.24. The maximum Gasteiger partial charge on any atom is 0.120 e. The lowest BCUT2D eigenvalue weighted by molar-refractivity contribution is -0.0131. The van der Waals surface area contributed by atoms with Gasteiger partial charge in [0.1, 0.15) is 5.76 Å². The molecule has 1 aromatic rings. The molecule has 1 heterocycles. The van der Waals surface area contributed by atoms with E-state index in [9.17, 15) is 0 Å². The van der Waals surface area contributed by atoms with Gasteiger partial charge in [0.2, 0.25) is 0 Å². The van der Waals surface area contributed by atoms with Crippen molar-refractivity contribution in [1.29, 1.82) is 0 Å². The lowest BCUT2D eigenvalue weighted by Gasteiger charge is -2.37. The van der Waals surface area contributed by atoms with E-state index in [4.69, 9.17) is 9.15 Å². The summed E-state index contributed by atoms with van der Waals surface area (Å²) in [5.74, 6) is 1.04. The highest BCUT2D eigenvalue weighted by Gasteiger charge is 2.31. The summed E-state index contributed by atoms with van der Waals surface area (Å²) in [6, 6.07) is 4.93. The maximum absolute atomic E-state index is 5.55. The van der Waals surface area contributed by atoms with E-state index in [-0.39, 0.29) is 0 Å². The van der Waals surface area contributed by atoms with Gasteiger partial charge in [-0.2, -0.15) is 0 Å². The van der Waals surface area contributed by atoms with Crippen molar-refractivity contribution in [2.75, 3.05) is 6.61 Å². The highest BCUT2D eigenvalue weighted by molar-refractivity contribution is 5.05. The number of hydrogen-bond acceptors (Lipinski definition) is 3. The van der Waals surface area contributed by atoms with Crippen molar-refractivity contribution in [2.45, 2.75) is 51.3 Å². The van der Waals surface area contributed by atoms with Crippen LogP contribution in [0.25, 0.3) is 0 Å². The number of hydrogen-bond donors (Lipinski definition) is 1. The van der Waals surface area contributed by atoms with Crippen molar-refractivity contribution in [3.63, 3.8) is 0 Å². The fourth-order valence-corrected chi connectivity index (χ4v) is 2.25. The van der Waals surface area contributed by atoms with Crippen LogP contribution in [0.3, 0.4) is 0 Å². The molecule has 16 heavy (non-hydrogen) atoms. The number of nitrogens with one attached hydrogen (secondary N) is 1. The van der Waals surface area contributed by atoms with Crippen molar-refractivity contribution in [3.05, 3.63) is 24.2 Å². The van der Waals surface area contributed by atoms with Crippen molar-refractivity contribution >= 4 is 0 Å². The SMILES string of the molecule is CCOC1CC(NC(CC)c2ccco2)C1. The predicted molar refractivity (Wildman–Crippen MR) is 63.3 cm³/mol. The van der Waals surface area contributed by atoms with Gasteiger partial charge in [0, 0.05) is 12.6 Å².